The van der Waals surface area contributed by atoms with Crippen LogP contribution in [0.1, 0.15) is 0 Å². The fourth-order valence-corrected chi connectivity index (χ4v) is 9.06. The van der Waals surface area contributed by atoms with E-state index in [9.17, 15) is 0 Å². The molecule has 0 N–H and O–H groups in total. The van der Waals surface area contributed by atoms with Gasteiger partial charge in [0, 0.05) is 44.0 Å². The summed E-state index contributed by atoms with van der Waals surface area (Å²) in [5, 5.41) is 9.70. The molecule has 57 heavy (non-hydrogen) atoms. The molecule has 12 aromatic rings. The van der Waals surface area contributed by atoms with Crippen molar-refractivity contribution in [3.05, 3.63) is 206 Å². The molecule has 0 aliphatic heterocycles. The summed E-state index contributed by atoms with van der Waals surface area (Å²) in [5.74, 6) is 0. The van der Waals surface area contributed by atoms with Gasteiger partial charge in [-0.15, -0.1) is 0 Å². The number of fused-ring (bicyclic) bond motifs is 4. The Hall–Kier alpha value is -7.62. The van der Waals surface area contributed by atoms with Crippen LogP contribution in [0.15, 0.2) is 211 Å². The fraction of sp³-hybridized carbons (Fsp3) is 0. The predicted octanol–water partition coefficient (Wildman–Crippen LogP) is 15.2. The second-order valence-electron chi connectivity index (χ2n) is 14.9. The molecule has 0 aliphatic carbocycles. The van der Waals surface area contributed by atoms with Crippen molar-refractivity contribution >= 4 is 82.4 Å². The van der Waals surface area contributed by atoms with E-state index in [1.165, 1.54) is 60.0 Å². The van der Waals surface area contributed by atoms with Crippen LogP contribution in [-0.2, 0) is 0 Å². The van der Waals surface area contributed by atoms with E-state index < -0.39 is 0 Å². The van der Waals surface area contributed by atoms with Gasteiger partial charge in [0.15, 0.2) is 0 Å². The number of aromatic nitrogens is 1. The smallest absolute Gasteiger partial charge is 0.135 e. The van der Waals surface area contributed by atoms with Gasteiger partial charge in [0.1, 0.15) is 11.2 Å². The number of rotatable bonds is 6. The maximum Gasteiger partial charge on any atom is 0.135 e. The van der Waals surface area contributed by atoms with Crippen molar-refractivity contribution in [2.75, 3.05) is 4.90 Å². The van der Waals surface area contributed by atoms with Gasteiger partial charge in [-0.3, -0.25) is 0 Å². The average Bonchev–Trinajstić information content (AvgIpc) is 3.82. The second kappa shape index (κ2) is 12.5. The first-order valence-electron chi connectivity index (χ1n) is 19.5. The molecule has 2 heterocycles. The fourth-order valence-electron chi connectivity index (χ4n) is 9.06. The normalized spacial score (nSPS) is 11.9. The Morgan fingerprint density at radius 3 is 1.84 bits per heavy atom. The zero-order valence-electron chi connectivity index (χ0n) is 30.9. The van der Waals surface area contributed by atoms with Crippen LogP contribution in [0.4, 0.5) is 17.1 Å². The van der Waals surface area contributed by atoms with Crippen molar-refractivity contribution in [3.63, 3.8) is 0 Å². The lowest BCUT2D eigenvalue weighted by Gasteiger charge is -2.27. The monoisotopic (exact) mass is 726 g/mol. The standard InChI is InChI=1S/C54H34N2O/c1-3-11-35(12-4-1)36-23-26-43(27-24-36)55(48-19-9-14-37-13-7-8-18-45(37)48)44-28-30-52-47(34-44)46-32-39(25-29-51(46)57-52)41-31-40-22-21-38-15-10-20-49-53(38)54(40)50(33-41)56(49)42-16-5-2-6-17-42/h1-34H. The lowest BCUT2D eigenvalue weighted by molar-refractivity contribution is 0.669. The van der Waals surface area contributed by atoms with Crippen LogP contribution in [0.5, 0.6) is 0 Å². The number of furan rings is 1. The molecule has 0 aliphatic rings. The lowest BCUT2D eigenvalue weighted by atomic mass is 9.96. The minimum absolute atomic E-state index is 0.869. The van der Waals surface area contributed by atoms with Crippen LogP contribution < -0.4 is 4.90 Å². The predicted molar refractivity (Wildman–Crippen MR) is 240 cm³/mol. The van der Waals surface area contributed by atoms with Crippen LogP contribution >= 0.6 is 0 Å². The third kappa shape index (κ3) is 4.99. The molecule has 0 bridgehead atoms. The summed E-state index contributed by atoms with van der Waals surface area (Å²) in [4.78, 5) is 2.38. The molecule has 0 fully saturated rings. The van der Waals surface area contributed by atoms with Gasteiger partial charge in [0.2, 0.25) is 0 Å². The largest absolute Gasteiger partial charge is 0.456 e. The number of anilines is 3. The van der Waals surface area contributed by atoms with E-state index in [-0.39, 0.29) is 0 Å². The summed E-state index contributed by atoms with van der Waals surface area (Å²) in [6.07, 6.45) is 0. The minimum Gasteiger partial charge on any atom is -0.456 e. The highest BCUT2D eigenvalue weighted by atomic mass is 16.3. The Bertz CT molecular complexity index is 3440. The van der Waals surface area contributed by atoms with Crippen molar-refractivity contribution in [1.82, 2.24) is 4.57 Å². The third-order valence-corrected chi connectivity index (χ3v) is 11.7. The van der Waals surface area contributed by atoms with Gasteiger partial charge in [-0.25, -0.2) is 0 Å². The first kappa shape index (κ1) is 31.7. The van der Waals surface area contributed by atoms with E-state index in [2.05, 4.69) is 216 Å². The van der Waals surface area contributed by atoms with Crippen molar-refractivity contribution in [1.29, 1.82) is 0 Å². The molecule has 3 heteroatoms. The molecule has 12 rings (SSSR count). The first-order chi connectivity index (χ1) is 28.2. The molecule has 0 radical (unpaired) electrons. The second-order valence-corrected chi connectivity index (χ2v) is 14.9. The van der Waals surface area contributed by atoms with Crippen LogP contribution in [0.25, 0.3) is 93.2 Å². The highest BCUT2D eigenvalue weighted by Gasteiger charge is 2.20. The summed E-state index contributed by atoms with van der Waals surface area (Å²) in [5.41, 5.74) is 13.3. The van der Waals surface area contributed by atoms with Gasteiger partial charge in [0.25, 0.3) is 0 Å². The Kier molecular flexibility index (Phi) is 6.93. The lowest BCUT2D eigenvalue weighted by Crippen LogP contribution is -2.10. The minimum atomic E-state index is 0.869. The van der Waals surface area contributed by atoms with Crippen molar-refractivity contribution < 1.29 is 4.42 Å². The van der Waals surface area contributed by atoms with Crippen LogP contribution in [0.3, 0.4) is 0 Å². The Labute approximate surface area is 329 Å². The quantitative estimate of drug-likeness (QED) is 0.159. The zero-order valence-corrected chi connectivity index (χ0v) is 30.9. The molecule has 0 amide bonds. The van der Waals surface area contributed by atoms with Crippen LogP contribution in [0, 0.1) is 0 Å². The summed E-state index contributed by atoms with van der Waals surface area (Å²) < 4.78 is 8.95. The molecule has 3 nitrogen and oxygen atoms in total. The van der Waals surface area contributed by atoms with Gasteiger partial charge in [-0.2, -0.15) is 0 Å². The van der Waals surface area contributed by atoms with E-state index in [0.717, 1.165) is 50.3 Å². The molecule has 0 spiro atoms. The highest BCUT2D eigenvalue weighted by Crippen LogP contribution is 2.44. The molecule has 0 atom stereocenters. The first-order valence-corrected chi connectivity index (χ1v) is 19.5. The Balaban J connectivity index is 1.04. The molecular formula is C54H34N2O. The van der Waals surface area contributed by atoms with Crippen LogP contribution in [0.2, 0.25) is 0 Å². The maximum absolute atomic E-state index is 6.53. The van der Waals surface area contributed by atoms with E-state index in [0.29, 0.717) is 0 Å². The van der Waals surface area contributed by atoms with Gasteiger partial charge in [-0.1, -0.05) is 127 Å². The van der Waals surface area contributed by atoms with Crippen molar-refractivity contribution in [2.45, 2.75) is 0 Å². The Morgan fingerprint density at radius 2 is 0.982 bits per heavy atom. The summed E-state index contributed by atoms with van der Waals surface area (Å²) in [6.45, 7) is 0. The van der Waals surface area contributed by atoms with Crippen LogP contribution in [-0.4, -0.2) is 4.57 Å². The molecule has 0 saturated heterocycles. The van der Waals surface area contributed by atoms with E-state index in [1.807, 2.05) is 0 Å². The zero-order chi connectivity index (χ0) is 37.5. The van der Waals surface area contributed by atoms with Gasteiger partial charge >= 0.3 is 0 Å². The molecule has 0 unspecified atom stereocenters. The number of benzene rings is 10. The summed E-state index contributed by atoms with van der Waals surface area (Å²) >= 11 is 0. The molecule has 10 aromatic carbocycles. The van der Waals surface area contributed by atoms with E-state index >= 15 is 0 Å². The van der Waals surface area contributed by atoms with Gasteiger partial charge in [-0.05, 0) is 117 Å². The number of hydrogen-bond donors (Lipinski definition) is 0. The Morgan fingerprint density at radius 1 is 0.351 bits per heavy atom. The van der Waals surface area contributed by atoms with E-state index in [4.69, 9.17) is 4.42 Å². The van der Waals surface area contributed by atoms with Gasteiger partial charge < -0.3 is 13.9 Å². The third-order valence-electron chi connectivity index (χ3n) is 11.7. The van der Waals surface area contributed by atoms with Crippen molar-refractivity contribution in [2.24, 2.45) is 0 Å². The molecule has 266 valence electrons. The van der Waals surface area contributed by atoms with E-state index in [1.54, 1.807) is 0 Å². The average molecular weight is 727 g/mol. The SMILES string of the molecule is c1ccc(-c2ccc(N(c3ccc4oc5ccc(-c6cc7ccc8cccc9c8c7c(c6)n9-c6ccccc6)cc5c4c3)c3cccc4ccccc34)cc2)cc1. The number of para-hydroxylation sites is 1. The number of hydrogen-bond acceptors (Lipinski definition) is 2. The highest BCUT2D eigenvalue weighted by molar-refractivity contribution is 6.25. The van der Waals surface area contributed by atoms with Crippen molar-refractivity contribution in [3.8, 4) is 27.9 Å². The van der Waals surface area contributed by atoms with Gasteiger partial charge in [0.05, 0.1) is 16.7 Å². The summed E-state index contributed by atoms with van der Waals surface area (Å²) in [7, 11) is 0. The topological polar surface area (TPSA) is 21.3 Å². The maximum atomic E-state index is 6.53. The molecular weight excluding hydrogens is 693 g/mol. The molecule has 2 aromatic heterocycles. The molecule has 0 saturated carbocycles. The number of nitrogens with zero attached hydrogens (tertiary/aromatic N) is 2. The summed E-state index contributed by atoms with van der Waals surface area (Å²) in [6, 6.07) is 74.5.